The number of rotatable bonds is 8. The number of hydrogen-bond acceptors (Lipinski definition) is 4. The van der Waals surface area contributed by atoms with Gasteiger partial charge in [-0.3, -0.25) is 11.3 Å². The molecule has 3 N–H and O–H groups in total. The second kappa shape index (κ2) is 8.06. The van der Waals surface area contributed by atoms with E-state index in [9.17, 15) is 0 Å². The first-order valence-electron chi connectivity index (χ1n) is 5.88. The molecule has 0 aliphatic carbocycles. The van der Waals surface area contributed by atoms with Crippen molar-refractivity contribution in [1.82, 2.24) is 5.43 Å². The van der Waals surface area contributed by atoms with Crippen LogP contribution in [0.4, 0.5) is 0 Å². The largest absolute Gasteiger partial charge is 0.496 e. The van der Waals surface area contributed by atoms with Crippen molar-refractivity contribution in [3.8, 4) is 5.75 Å². The molecule has 1 aromatic rings. The number of hydrazine groups is 1. The molecular weight excluding hydrogens is 216 g/mol. The van der Waals surface area contributed by atoms with E-state index in [1.54, 1.807) is 14.2 Å². The highest BCUT2D eigenvalue weighted by Crippen LogP contribution is 2.19. The highest BCUT2D eigenvalue weighted by Gasteiger charge is 2.10. The van der Waals surface area contributed by atoms with Crippen LogP contribution >= 0.6 is 0 Å². The second-order valence-corrected chi connectivity index (χ2v) is 4.01. The maximum Gasteiger partial charge on any atom is 0.122 e. The monoisotopic (exact) mass is 238 g/mol. The Labute approximate surface area is 103 Å². The molecule has 96 valence electrons. The Bertz CT molecular complexity index is 318. The molecule has 0 aliphatic heterocycles. The Hall–Kier alpha value is -1.10. The van der Waals surface area contributed by atoms with E-state index in [-0.39, 0.29) is 6.04 Å². The summed E-state index contributed by atoms with van der Waals surface area (Å²) in [7, 11) is 3.40. The molecule has 0 saturated carbocycles. The Morgan fingerprint density at radius 2 is 2.06 bits per heavy atom. The standard InChI is InChI=1S/C13H22N2O2/c1-16-9-5-7-12(15-14)10-11-6-3-4-8-13(11)17-2/h3-4,6,8,12,15H,5,7,9-10,14H2,1-2H3. The molecular formula is C13H22N2O2. The van der Waals surface area contributed by atoms with E-state index < -0.39 is 0 Å². The van der Waals surface area contributed by atoms with Crippen molar-refractivity contribution in [3.05, 3.63) is 29.8 Å². The van der Waals surface area contributed by atoms with Crippen molar-refractivity contribution in [2.45, 2.75) is 25.3 Å². The zero-order chi connectivity index (χ0) is 12.5. The molecule has 17 heavy (non-hydrogen) atoms. The maximum atomic E-state index is 5.56. The van der Waals surface area contributed by atoms with Crippen molar-refractivity contribution in [1.29, 1.82) is 0 Å². The van der Waals surface area contributed by atoms with Crippen LogP contribution in [0.3, 0.4) is 0 Å². The fourth-order valence-corrected chi connectivity index (χ4v) is 1.86. The molecule has 1 atom stereocenters. The van der Waals surface area contributed by atoms with E-state index in [0.717, 1.165) is 31.6 Å². The lowest BCUT2D eigenvalue weighted by Crippen LogP contribution is -2.37. The lowest BCUT2D eigenvalue weighted by Gasteiger charge is -2.17. The predicted molar refractivity (Wildman–Crippen MR) is 68.9 cm³/mol. The molecule has 0 heterocycles. The van der Waals surface area contributed by atoms with E-state index in [1.807, 2.05) is 18.2 Å². The summed E-state index contributed by atoms with van der Waals surface area (Å²) in [5, 5.41) is 0. The van der Waals surface area contributed by atoms with E-state index in [2.05, 4.69) is 11.5 Å². The Morgan fingerprint density at radius 1 is 1.29 bits per heavy atom. The third kappa shape index (κ3) is 4.73. The van der Waals surface area contributed by atoms with Crippen LogP contribution in [-0.4, -0.2) is 26.9 Å². The quantitative estimate of drug-likeness (QED) is 0.409. The van der Waals surface area contributed by atoms with Gasteiger partial charge in [-0.2, -0.15) is 0 Å². The van der Waals surface area contributed by atoms with E-state index >= 15 is 0 Å². The molecule has 0 fully saturated rings. The maximum absolute atomic E-state index is 5.56. The van der Waals surface area contributed by atoms with Crippen molar-refractivity contribution >= 4 is 0 Å². The Kier molecular flexibility index (Phi) is 6.62. The van der Waals surface area contributed by atoms with Gasteiger partial charge in [0.25, 0.3) is 0 Å². The summed E-state index contributed by atoms with van der Waals surface area (Å²) in [6, 6.07) is 8.28. The molecule has 4 heteroatoms. The van der Waals surface area contributed by atoms with Crippen LogP contribution in [0.25, 0.3) is 0 Å². The number of nitrogens with one attached hydrogen (secondary N) is 1. The lowest BCUT2D eigenvalue weighted by atomic mass is 10.0. The summed E-state index contributed by atoms with van der Waals surface area (Å²) >= 11 is 0. The van der Waals surface area contributed by atoms with Crippen LogP contribution in [-0.2, 0) is 11.2 Å². The minimum atomic E-state index is 0.251. The smallest absolute Gasteiger partial charge is 0.122 e. The van der Waals surface area contributed by atoms with Crippen molar-refractivity contribution in [2.75, 3.05) is 20.8 Å². The van der Waals surface area contributed by atoms with Gasteiger partial charge in [-0.15, -0.1) is 0 Å². The first-order valence-corrected chi connectivity index (χ1v) is 5.88. The number of nitrogens with two attached hydrogens (primary N) is 1. The van der Waals surface area contributed by atoms with Crippen LogP contribution in [0.5, 0.6) is 5.75 Å². The van der Waals surface area contributed by atoms with Crippen LogP contribution in [0.1, 0.15) is 18.4 Å². The number of hydrogen-bond donors (Lipinski definition) is 2. The molecule has 1 aromatic carbocycles. The van der Waals surface area contributed by atoms with Gasteiger partial charge in [-0.25, -0.2) is 0 Å². The average Bonchev–Trinajstić information content (AvgIpc) is 2.38. The third-order valence-electron chi connectivity index (χ3n) is 2.80. The van der Waals surface area contributed by atoms with Gasteiger partial charge in [0, 0.05) is 19.8 Å². The molecule has 1 unspecified atom stereocenters. The van der Waals surface area contributed by atoms with E-state index in [0.29, 0.717) is 0 Å². The van der Waals surface area contributed by atoms with Crippen LogP contribution in [0.2, 0.25) is 0 Å². The fraction of sp³-hybridized carbons (Fsp3) is 0.538. The molecule has 0 spiro atoms. The van der Waals surface area contributed by atoms with E-state index in [4.69, 9.17) is 15.3 Å². The number of ether oxygens (including phenoxy) is 2. The first-order chi connectivity index (χ1) is 8.31. The minimum Gasteiger partial charge on any atom is -0.496 e. The zero-order valence-electron chi connectivity index (χ0n) is 10.6. The van der Waals surface area contributed by atoms with Crippen molar-refractivity contribution in [3.63, 3.8) is 0 Å². The summed E-state index contributed by atoms with van der Waals surface area (Å²) in [5.74, 6) is 6.48. The molecule has 0 amide bonds. The molecule has 0 aromatic heterocycles. The van der Waals surface area contributed by atoms with Gasteiger partial charge in [-0.1, -0.05) is 18.2 Å². The van der Waals surface area contributed by atoms with Gasteiger partial charge in [0.05, 0.1) is 7.11 Å². The molecule has 1 rings (SSSR count). The van der Waals surface area contributed by atoms with Gasteiger partial charge in [0.15, 0.2) is 0 Å². The van der Waals surface area contributed by atoms with Gasteiger partial charge in [-0.05, 0) is 30.9 Å². The fourth-order valence-electron chi connectivity index (χ4n) is 1.86. The normalized spacial score (nSPS) is 12.4. The zero-order valence-corrected chi connectivity index (χ0v) is 10.6. The Balaban J connectivity index is 2.54. The van der Waals surface area contributed by atoms with Crippen LogP contribution in [0, 0.1) is 0 Å². The number of para-hydroxylation sites is 1. The summed E-state index contributed by atoms with van der Waals surface area (Å²) in [4.78, 5) is 0. The molecule has 0 aliphatic rings. The lowest BCUT2D eigenvalue weighted by molar-refractivity contribution is 0.188. The SMILES string of the molecule is COCCCC(Cc1ccccc1OC)NN. The topological polar surface area (TPSA) is 56.5 Å². The summed E-state index contributed by atoms with van der Waals surface area (Å²) in [6.07, 6.45) is 2.85. The van der Waals surface area contributed by atoms with Gasteiger partial charge < -0.3 is 9.47 Å². The predicted octanol–water partition coefficient (Wildman–Crippen LogP) is 1.50. The second-order valence-electron chi connectivity index (χ2n) is 4.01. The highest BCUT2D eigenvalue weighted by molar-refractivity contribution is 5.33. The van der Waals surface area contributed by atoms with E-state index in [1.165, 1.54) is 5.56 Å². The summed E-state index contributed by atoms with van der Waals surface area (Å²) < 4.78 is 10.4. The van der Waals surface area contributed by atoms with Gasteiger partial charge >= 0.3 is 0 Å². The minimum absolute atomic E-state index is 0.251. The van der Waals surface area contributed by atoms with Crippen molar-refractivity contribution in [2.24, 2.45) is 5.84 Å². The Morgan fingerprint density at radius 3 is 2.71 bits per heavy atom. The average molecular weight is 238 g/mol. The molecule has 0 radical (unpaired) electrons. The van der Waals surface area contributed by atoms with Crippen LogP contribution in [0.15, 0.2) is 24.3 Å². The molecule has 0 bridgehead atoms. The number of benzene rings is 1. The summed E-state index contributed by atoms with van der Waals surface area (Å²) in [6.45, 7) is 0.768. The molecule has 4 nitrogen and oxygen atoms in total. The highest BCUT2D eigenvalue weighted by atomic mass is 16.5. The first kappa shape index (κ1) is 14.0. The van der Waals surface area contributed by atoms with Crippen LogP contribution < -0.4 is 16.0 Å². The van der Waals surface area contributed by atoms with Gasteiger partial charge in [0.2, 0.25) is 0 Å². The number of methoxy groups -OCH3 is 2. The molecule has 0 saturated heterocycles. The van der Waals surface area contributed by atoms with Gasteiger partial charge in [0.1, 0.15) is 5.75 Å². The summed E-state index contributed by atoms with van der Waals surface area (Å²) in [5.41, 5.74) is 4.03. The van der Waals surface area contributed by atoms with Crippen molar-refractivity contribution < 1.29 is 9.47 Å². The third-order valence-corrected chi connectivity index (χ3v) is 2.80.